The topological polar surface area (TPSA) is 29.3 Å². The van der Waals surface area contributed by atoms with Gasteiger partial charge >= 0.3 is 0 Å². The number of halogens is 1. The number of hydrogen-bond donors (Lipinski definition) is 1. The van der Waals surface area contributed by atoms with Gasteiger partial charge in [-0.3, -0.25) is 4.90 Å². The molecule has 0 bridgehead atoms. The van der Waals surface area contributed by atoms with Gasteiger partial charge in [-0.15, -0.1) is 0 Å². The zero-order valence-electron chi connectivity index (χ0n) is 12.6. The number of benzene rings is 1. The van der Waals surface area contributed by atoms with Gasteiger partial charge in [-0.1, -0.05) is 43.6 Å². The SMILES string of the molecule is CCC(N)C(c1ccccc1Cl)N1CCSC(C)C1C. The minimum absolute atomic E-state index is 0.118. The maximum atomic E-state index is 6.45. The molecule has 4 heteroatoms. The van der Waals surface area contributed by atoms with E-state index in [0.717, 1.165) is 18.0 Å². The maximum Gasteiger partial charge on any atom is 0.0517 e. The Morgan fingerprint density at radius 2 is 2.10 bits per heavy atom. The largest absolute Gasteiger partial charge is 0.326 e. The van der Waals surface area contributed by atoms with Crippen LogP contribution in [0.1, 0.15) is 38.8 Å². The van der Waals surface area contributed by atoms with E-state index < -0.39 is 0 Å². The molecule has 0 saturated carbocycles. The van der Waals surface area contributed by atoms with E-state index in [2.05, 4.69) is 49.6 Å². The van der Waals surface area contributed by atoms with Crippen LogP contribution in [0.2, 0.25) is 5.02 Å². The summed E-state index contributed by atoms with van der Waals surface area (Å²) in [6.45, 7) is 7.85. The maximum absolute atomic E-state index is 6.45. The highest BCUT2D eigenvalue weighted by atomic mass is 35.5. The van der Waals surface area contributed by atoms with E-state index in [1.807, 2.05) is 12.1 Å². The highest BCUT2D eigenvalue weighted by Crippen LogP contribution is 2.36. The van der Waals surface area contributed by atoms with E-state index in [0.29, 0.717) is 11.3 Å². The minimum atomic E-state index is 0.118. The second-order valence-electron chi connectivity index (χ2n) is 5.59. The van der Waals surface area contributed by atoms with Crippen LogP contribution in [0.4, 0.5) is 0 Å². The Morgan fingerprint density at radius 3 is 2.75 bits per heavy atom. The Bertz CT molecular complexity index is 440. The molecule has 0 amide bonds. The molecular weight excluding hydrogens is 288 g/mol. The molecule has 4 atom stereocenters. The third kappa shape index (κ3) is 3.33. The Labute approximate surface area is 132 Å². The van der Waals surface area contributed by atoms with E-state index >= 15 is 0 Å². The zero-order chi connectivity index (χ0) is 14.7. The van der Waals surface area contributed by atoms with E-state index in [1.54, 1.807) is 0 Å². The Balaban J connectivity index is 2.35. The van der Waals surface area contributed by atoms with Crippen molar-refractivity contribution in [2.75, 3.05) is 12.3 Å². The monoisotopic (exact) mass is 312 g/mol. The van der Waals surface area contributed by atoms with Crippen LogP contribution < -0.4 is 5.73 Å². The second kappa shape index (κ2) is 7.17. The molecule has 1 aliphatic rings. The van der Waals surface area contributed by atoms with Gasteiger partial charge in [0.25, 0.3) is 0 Å². The van der Waals surface area contributed by atoms with Gasteiger partial charge in [-0.25, -0.2) is 0 Å². The van der Waals surface area contributed by atoms with Crippen molar-refractivity contribution < 1.29 is 0 Å². The number of rotatable bonds is 4. The van der Waals surface area contributed by atoms with Crippen molar-refractivity contribution >= 4 is 23.4 Å². The normalized spacial score (nSPS) is 27.2. The third-order valence-corrected chi connectivity index (χ3v) is 6.07. The molecule has 0 spiro atoms. The van der Waals surface area contributed by atoms with Crippen molar-refractivity contribution in [3.63, 3.8) is 0 Å². The minimum Gasteiger partial charge on any atom is -0.326 e. The molecule has 20 heavy (non-hydrogen) atoms. The van der Waals surface area contributed by atoms with Crippen molar-refractivity contribution in [1.82, 2.24) is 4.90 Å². The van der Waals surface area contributed by atoms with Gasteiger partial charge in [0.1, 0.15) is 0 Å². The van der Waals surface area contributed by atoms with Crippen LogP contribution >= 0.6 is 23.4 Å². The summed E-state index contributed by atoms with van der Waals surface area (Å²) in [6.07, 6.45) is 0.959. The van der Waals surface area contributed by atoms with Gasteiger partial charge in [0.05, 0.1) is 6.04 Å². The molecule has 1 saturated heterocycles. The number of thioether (sulfide) groups is 1. The van der Waals surface area contributed by atoms with Crippen LogP contribution in [0.25, 0.3) is 0 Å². The lowest BCUT2D eigenvalue weighted by molar-refractivity contribution is 0.124. The molecule has 2 N–H and O–H groups in total. The van der Waals surface area contributed by atoms with Crippen LogP contribution in [0.15, 0.2) is 24.3 Å². The number of nitrogens with two attached hydrogens (primary N) is 1. The second-order valence-corrected chi connectivity index (χ2v) is 7.49. The van der Waals surface area contributed by atoms with E-state index in [9.17, 15) is 0 Å². The van der Waals surface area contributed by atoms with E-state index in [4.69, 9.17) is 17.3 Å². The number of hydrogen-bond acceptors (Lipinski definition) is 3. The smallest absolute Gasteiger partial charge is 0.0517 e. The average molecular weight is 313 g/mol. The van der Waals surface area contributed by atoms with Crippen molar-refractivity contribution in [3.05, 3.63) is 34.9 Å². The molecule has 1 aromatic rings. The Morgan fingerprint density at radius 1 is 1.40 bits per heavy atom. The third-order valence-electron chi connectivity index (χ3n) is 4.39. The molecule has 0 aromatic heterocycles. The first-order chi connectivity index (χ1) is 9.56. The molecule has 1 aliphatic heterocycles. The van der Waals surface area contributed by atoms with Gasteiger partial charge in [-0.05, 0) is 25.0 Å². The van der Waals surface area contributed by atoms with Gasteiger partial charge in [0, 0.05) is 34.7 Å². The van der Waals surface area contributed by atoms with Crippen molar-refractivity contribution in [2.45, 2.75) is 50.6 Å². The van der Waals surface area contributed by atoms with Crippen molar-refractivity contribution in [1.29, 1.82) is 0 Å². The quantitative estimate of drug-likeness (QED) is 0.913. The first-order valence-electron chi connectivity index (χ1n) is 7.43. The van der Waals surface area contributed by atoms with Gasteiger partial charge in [-0.2, -0.15) is 11.8 Å². The van der Waals surface area contributed by atoms with Crippen molar-refractivity contribution in [3.8, 4) is 0 Å². The fourth-order valence-corrected chi connectivity index (χ4v) is 4.31. The highest BCUT2D eigenvalue weighted by molar-refractivity contribution is 8.00. The highest BCUT2D eigenvalue weighted by Gasteiger charge is 2.34. The molecule has 2 rings (SSSR count). The predicted octanol–water partition coefficient (Wildman–Crippen LogP) is 3.94. The molecular formula is C16H25ClN2S. The summed E-state index contributed by atoms with van der Waals surface area (Å²) in [4.78, 5) is 2.55. The van der Waals surface area contributed by atoms with Crippen LogP contribution in [0.5, 0.6) is 0 Å². The molecule has 4 unspecified atom stereocenters. The Kier molecular flexibility index (Phi) is 5.79. The lowest BCUT2D eigenvalue weighted by atomic mass is 9.94. The summed E-state index contributed by atoms with van der Waals surface area (Å²) < 4.78 is 0. The first-order valence-corrected chi connectivity index (χ1v) is 8.86. The number of nitrogens with zero attached hydrogens (tertiary/aromatic N) is 1. The molecule has 0 aliphatic carbocycles. The first kappa shape index (κ1) is 16.2. The fourth-order valence-electron chi connectivity index (χ4n) is 2.94. The fraction of sp³-hybridized carbons (Fsp3) is 0.625. The average Bonchev–Trinajstić information content (AvgIpc) is 2.45. The molecule has 112 valence electrons. The van der Waals surface area contributed by atoms with Crippen LogP contribution in [-0.4, -0.2) is 34.5 Å². The molecule has 1 fully saturated rings. The van der Waals surface area contributed by atoms with Crippen LogP contribution in [-0.2, 0) is 0 Å². The van der Waals surface area contributed by atoms with E-state index in [1.165, 1.54) is 11.3 Å². The molecule has 1 aromatic carbocycles. The van der Waals surface area contributed by atoms with Crippen LogP contribution in [0, 0.1) is 0 Å². The summed E-state index contributed by atoms with van der Waals surface area (Å²) in [5, 5.41) is 1.47. The lowest BCUT2D eigenvalue weighted by Gasteiger charge is -2.45. The molecule has 1 heterocycles. The summed E-state index contributed by atoms with van der Waals surface area (Å²) in [7, 11) is 0. The van der Waals surface area contributed by atoms with Gasteiger partial charge < -0.3 is 5.73 Å². The summed E-state index contributed by atoms with van der Waals surface area (Å²) in [5.41, 5.74) is 7.62. The molecule has 0 radical (unpaired) electrons. The van der Waals surface area contributed by atoms with Gasteiger partial charge in [0.15, 0.2) is 0 Å². The van der Waals surface area contributed by atoms with E-state index in [-0.39, 0.29) is 12.1 Å². The Hall–Kier alpha value is -0.220. The summed E-state index contributed by atoms with van der Waals surface area (Å²) in [5.74, 6) is 1.17. The standard InChI is InChI=1S/C16H25ClN2S/c1-4-15(18)16(13-7-5-6-8-14(13)17)19-9-10-20-12(3)11(19)2/h5-8,11-12,15-16H,4,9-10,18H2,1-3H3. The van der Waals surface area contributed by atoms with Crippen LogP contribution in [0.3, 0.4) is 0 Å². The lowest BCUT2D eigenvalue weighted by Crippen LogP contribution is -2.51. The molecule has 2 nitrogen and oxygen atoms in total. The van der Waals surface area contributed by atoms with Gasteiger partial charge in [0.2, 0.25) is 0 Å². The zero-order valence-corrected chi connectivity index (χ0v) is 14.1. The predicted molar refractivity (Wildman–Crippen MR) is 90.5 cm³/mol. The van der Waals surface area contributed by atoms with Crippen molar-refractivity contribution in [2.24, 2.45) is 5.73 Å². The summed E-state index contributed by atoms with van der Waals surface area (Å²) >= 11 is 8.49. The summed E-state index contributed by atoms with van der Waals surface area (Å²) in [6, 6.07) is 9.00.